The first-order valence-corrected chi connectivity index (χ1v) is 13.4. The first-order chi connectivity index (χ1) is 17.6. The summed E-state index contributed by atoms with van der Waals surface area (Å²) in [5.74, 6) is 5.07. The van der Waals surface area contributed by atoms with Gasteiger partial charge in [-0.1, -0.05) is 12.1 Å². The third-order valence-corrected chi connectivity index (χ3v) is 9.24. The molecule has 0 spiro atoms. The quantitative estimate of drug-likeness (QED) is 0.433. The van der Waals surface area contributed by atoms with Gasteiger partial charge in [0.25, 0.3) is 0 Å². The minimum atomic E-state index is 0.104. The average Bonchev–Trinajstić information content (AvgIpc) is 3.80. The van der Waals surface area contributed by atoms with Gasteiger partial charge < -0.3 is 28.4 Å². The van der Waals surface area contributed by atoms with E-state index in [2.05, 4.69) is 36.4 Å². The Morgan fingerprint density at radius 2 is 1.17 bits per heavy atom. The van der Waals surface area contributed by atoms with Crippen LogP contribution in [0.4, 0.5) is 0 Å². The molecule has 6 fully saturated rings. The number of ether oxygens (including phenoxy) is 6. The summed E-state index contributed by atoms with van der Waals surface area (Å²) in [7, 11) is 3.45. The molecular formula is C30H36O6. The highest BCUT2D eigenvalue weighted by molar-refractivity contribution is 5.51. The predicted octanol–water partition coefficient (Wildman–Crippen LogP) is 5.05. The lowest BCUT2D eigenvalue weighted by atomic mass is 9.41. The molecule has 8 rings (SSSR count). The van der Waals surface area contributed by atoms with Crippen LogP contribution in [0.5, 0.6) is 23.0 Å². The Labute approximate surface area is 213 Å². The van der Waals surface area contributed by atoms with Gasteiger partial charge in [-0.05, 0) is 62.5 Å². The third-order valence-electron chi connectivity index (χ3n) is 9.24. The van der Waals surface area contributed by atoms with Gasteiger partial charge in [-0.15, -0.1) is 0 Å². The molecule has 2 aromatic carbocycles. The smallest absolute Gasteiger partial charge is 0.126 e. The highest BCUT2D eigenvalue weighted by atomic mass is 16.6. The SMILES string of the molecule is COc1ccc(C23CC4CC(C2)CC(c2ccc(OC)cc2OCC2CO2)(C4)C3)c(OCC2CO2)c1. The Balaban J connectivity index is 1.27. The summed E-state index contributed by atoms with van der Waals surface area (Å²) >= 11 is 0. The van der Waals surface area contributed by atoms with E-state index in [9.17, 15) is 0 Å². The second-order valence-electron chi connectivity index (χ2n) is 11.8. The van der Waals surface area contributed by atoms with Crippen molar-refractivity contribution in [1.82, 2.24) is 0 Å². The van der Waals surface area contributed by atoms with E-state index in [1.54, 1.807) is 14.2 Å². The normalized spacial score (nSPS) is 35.4. The molecule has 6 nitrogen and oxygen atoms in total. The van der Waals surface area contributed by atoms with Crippen molar-refractivity contribution in [3.8, 4) is 23.0 Å². The molecule has 6 aliphatic rings. The third kappa shape index (κ3) is 4.03. The number of hydrogen-bond donors (Lipinski definition) is 0. The summed E-state index contributed by atoms with van der Waals surface area (Å²) in [4.78, 5) is 0. The molecule has 0 N–H and O–H groups in total. The van der Waals surface area contributed by atoms with Crippen LogP contribution in [-0.4, -0.2) is 52.9 Å². The van der Waals surface area contributed by atoms with Crippen LogP contribution in [0.1, 0.15) is 49.7 Å². The monoisotopic (exact) mass is 492 g/mol. The molecular weight excluding hydrogens is 456 g/mol. The molecule has 0 amide bonds. The minimum absolute atomic E-state index is 0.104. The number of epoxide rings is 2. The maximum absolute atomic E-state index is 6.40. The lowest BCUT2D eigenvalue weighted by Gasteiger charge is -2.63. The zero-order valence-corrected chi connectivity index (χ0v) is 21.3. The fourth-order valence-electron chi connectivity index (χ4n) is 7.96. The van der Waals surface area contributed by atoms with Crippen molar-refractivity contribution in [2.75, 3.05) is 40.6 Å². The predicted molar refractivity (Wildman–Crippen MR) is 134 cm³/mol. The van der Waals surface area contributed by atoms with Crippen LogP contribution in [0.25, 0.3) is 0 Å². The number of benzene rings is 2. The summed E-state index contributed by atoms with van der Waals surface area (Å²) in [5.41, 5.74) is 2.91. The zero-order chi connectivity index (χ0) is 24.3. The molecule has 4 bridgehead atoms. The fourth-order valence-corrected chi connectivity index (χ4v) is 7.96. The zero-order valence-electron chi connectivity index (χ0n) is 21.3. The van der Waals surface area contributed by atoms with E-state index in [-0.39, 0.29) is 23.0 Å². The van der Waals surface area contributed by atoms with Gasteiger partial charge in [0.2, 0.25) is 0 Å². The van der Waals surface area contributed by atoms with Crippen LogP contribution >= 0.6 is 0 Å². The van der Waals surface area contributed by atoms with Crippen molar-refractivity contribution in [2.24, 2.45) is 11.8 Å². The lowest BCUT2D eigenvalue weighted by Crippen LogP contribution is -2.56. The second kappa shape index (κ2) is 8.56. The number of rotatable bonds is 10. The Kier molecular flexibility index (Phi) is 5.40. The molecule has 2 aromatic rings. The maximum Gasteiger partial charge on any atom is 0.126 e. The molecule has 2 aliphatic heterocycles. The van der Waals surface area contributed by atoms with Crippen LogP contribution in [0.2, 0.25) is 0 Å². The standard InChI is InChI=1S/C30H36O6/c1-31-21-3-5-25(27(8-21)35-16-23-14-33-23)29-10-19-7-20(11-29)13-30(12-19,18-29)26-6-4-22(32-2)9-28(26)36-17-24-15-34-24/h3-6,8-9,19-20,23-24H,7,10-18H2,1-2H3. The molecule has 2 heterocycles. The molecule has 192 valence electrons. The Morgan fingerprint density at radius 1 is 0.722 bits per heavy atom. The Bertz CT molecular complexity index is 1040. The van der Waals surface area contributed by atoms with E-state index in [4.69, 9.17) is 28.4 Å². The van der Waals surface area contributed by atoms with Crippen molar-refractivity contribution in [3.63, 3.8) is 0 Å². The molecule has 0 aromatic heterocycles. The number of hydrogen-bond acceptors (Lipinski definition) is 6. The van der Waals surface area contributed by atoms with Gasteiger partial charge in [-0.25, -0.2) is 0 Å². The van der Waals surface area contributed by atoms with Gasteiger partial charge in [-0.2, -0.15) is 0 Å². The Hall–Kier alpha value is -2.44. The van der Waals surface area contributed by atoms with E-state index in [0.717, 1.165) is 54.5 Å². The molecule has 2 unspecified atom stereocenters. The van der Waals surface area contributed by atoms with Crippen LogP contribution in [0.3, 0.4) is 0 Å². The average molecular weight is 493 g/mol. The first kappa shape index (κ1) is 22.7. The summed E-state index contributed by atoms with van der Waals surface area (Å²) in [5, 5.41) is 0. The van der Waals surface area contributed by atoms with E-state index in [1.165, 1.54) is 43.2 Å². The topological polar surface area (TPSA) is 62.0 Å². The summed E-state index contributed by atoms with van der Waals surface area (Å²) in [6.07, 6.45) is 7.84. The van der Waals surface area contributed by atoms with Gasteiger partial charge in [0.15, 0.2) is 0 Å². The van der Waals surface area contributed by atoms with Crippen molar-refractivity contribution >= 4 is 0 Å². The maximum atomic E-state index is 6.40. The summed E-state index contributed by atoms with van der Waals surface area (Å²) in [6.45, 7) is 2.80. The van der Waals surface area contributed by atoms with E-state index in [1.807, 2.05) is 0 Å². The molecule has 36 heavy (non-hydrogen) atoms. The summed E-state index contributed by atoms with van der Waals surface area (Å²) in [6, 6.07) is 12.9. The first-order valence-electron chi connectivity index (χ1n) is 13.4. The van der Waals surface area contributed by atoms with Crippen LogP contribution in [0.15, 0.2) is 36.4 Å². The van der Waals surface area contributed by atoms with Crippen molar-refractivity contribution in [3.05, 3.63) is 47.5 Å². The van der Waals surface area contributed by atoms with E-state index >= 15 is 0 Å². The summed E-state index contributed by atoms with van der Waals surface area (Å²) < 4.78 is 34.8. The second-order valence-corrected chi connectivity index (χ2v) is 11.8. The molecule has 4 aliphatic carbocycles. The molecule has 4 saturated carbocycles. The van der Waals surface area contributed by atoms with Gasteiger partial charge in [-0.3, -0.25) is 0 Å². The lowest BCUT2D eigenvalue weighted by molar-refractivity contribution is -0.0302. The van der Waals surface area contributed by atoms with Crippen LogP contribution in [0, 0.1) is 11.8 Å². The number of methoxy groups -OCH3 is 2. The van der Waals surface area contributed by atoms with E-state index < -0.39 is 0 Å². The van der Waals surface area contributed by atoms with Crippen molar-refractivity contribution < 1.29 is 28.4 Å². The molecule has 0 radical (unpaired) electrons. The highest BCUT2D eigenvalue weighted by Gasteiger charge is 2.60. The van der Waals surface area contributed by atoms with Gasteiger partial charge >= 0.3 is 0 Å². The van der Waals surface area contributed by atoms with E-state index in [0.29, 0.717) is 13.2 Å². The van der Waals surface area contributed by atoms with Crippen LogP contribution in [-0.2, 0) is 20.3 Å². The molecule has 2 atom stereocenters. The van der Waals surface area contributed by atoms with Gasteiger partial charge in [0.05, 0.1) is 27.4 Å². The largest absolute Gasteiger partial charge is 0.497 e. The fraction of sp³-hybridized carbons (Fsp3) is 0.600. The molecule has 6 heteroatoms. The van der Waals surface area contributed by atoms with Crippen LogP contribution < -0.4 is 18.9 Å². The van der Waals surface area contributed by atoms with Gasteiger partial charge in [0, 0.05) is 34.1 Å². The Morgan fingerprint density at radius 3 is 1.56 bits per heavy atom. The minimum Gasteiger partial charge on any atom is -0.497 e. The van der Waals surface area contributed by atoms with Crippen molar-refractivity contribution in [2.45, 2.75) is 61.6 Å². The highest BCUT2D eigenvalue weighted by Crippen LogP contribution is 2.68. The van der Waals surface area contributed by atoms with Gasteiger partial charge in [0.1, 0.15) is 48.4 Å². The molecule has 2 saturated heterocycles. The van der Waals surface area contributed by atoms with Crippen molar-refractivity contribution in [1.29, 1.82) is 0 Å².